The van der Waals surface area contributed by atoms with Crippen LogP contribution in [0.5, 0.6) is 5.88 Å². The molecule has 5 nitrogen and oxygen atoms in total. The van der Waals surface area contributed by atoms with Crippen molar-refractivity contribution in [3.8, 4) is 26.9 Å². The first-order chi connectivity index (χ1) is 12.3. The van der Waals surface area contributed by atoms with Gasteiger partial charge in [-0.1, -0.05) is 12.5 Å². The lowest BCUT2D eigenvalue weighted by atomic mass is 10.1. The fourth-order valence-electron chi connectivity index (χ4n) is 3.26. The van der Waals surface area contributed by atoms with E-state index < -0.39 is 0 Å². The van der Waals surface area contributed by atoms with E-state index in [0.717, 1.165) is 34.1 Å². The predicted octanol–water partition coefficient (Wildman–Crippen LogP) is 3.87. The minimum Gasteiger partial charge on any atom is -0.492 e. The zero-order valence-electron chi connectivity index (χ0n) is 14.1. The topological polar surface area (TPSA) is 54.2 Å². The van der Waals surface area contributed by atoms with Gasteiger partial charge in [0.15, 0.2) is 0 Å². The van der Waals surface area contributed by atoms with Crippen LogP contribution in [0.3, 0.4) is 0 Å². The highest BCUT2D eigenvalue weighted by atomic mass is 32.1. The van der Waals surface area contributed by atoms with Gasteiger partial charge < -0.3 is 10.0 Å². The second-order valence-corrected chi connectivity index (χ2v) is 7.49. The number of pyridine rings is 1. The van der Waals surface area contributed by atoms with E-state index in [1.807, 2.05) is 41.2 Å². The number of piperidine rings is 1. The fraction of sp³-hybridized carbons (Fsp3) is 0.368. The Hall–Kier alpha value is -2.18. The van der Waals surface area contributed by atoms with Crippen LogP contribution in [0, 0.1) is 0 Å². The van der Waals surface area contributed by atoms with Crippen LogP contribution in [0.4, 0.5) is 0 Å². The van der Waals surface area contributed by atoms with Crippen LogP contribution in [0.15, 0.2) is 42.7 Å². The van der Waals surface area contributed by atoms with Crippen LogP contribution in [-0.2, 0) is 6.54 Å². The highest BCUT2D eigenvalue weighted by Crippen LogP contribution is 2.37. The third-order valence-electron chi connectivity index (χ3n) is 4.63. The number of thiophene rings is 1. The van der Waals surface area contributed by atoms with Crippen molar-refractivity contribution < 1.29 is 5.11 Å². The maximum absolute atomic E-state index is 10.2. The van der Waals surface area contributed by atoms with E-state index in [4.69, 9.17) is 0 Å². The molecule has 25 heavy (non-hydrogen) atoms. The van der Waals surface area contributed by atoms with E-state index in [1.54, 1.807) is 17.5 Å². The molecular formula is C19H22N4OS. The molecule has 0 spiro atoms. The summed E-state index contributed by atoms with van der Waals surface area (Å²) in [7, 11) is 0. The Morgan fingerprint density at radius 3 is 2.64 bits per heavy atom. The monoisotopic (exact) mass is 354 g/mol. The molecule has 3 aromatic rings. The van der Waals surface area contributed by atoms with Crippen molar-refractivity contribution in [1.29, 1.82) is 0 Å². The lowest BCUT2D eigenvalue weighted by molar-refractivity contribution is 0.217. The molecule has 0 bridgehead atoms. The lowest BCUT2D eigenvalue weighted by Crippen LogP contribution is -2.32. The summed E-state index contributed by atoms with van der Waals surface area (Å²) in [6, 6.07) is 9.97. The fourth-order valence-corrected chi connectivity index (χ4v) is 4.24. The molecule has 130 valence electrons. The van der Waals surface area contributed by atoms with Gasteiger partial charge in [-0.3, -0.25) is 9.67 Å². The molecule has 1 aliphatic rings. The molecule has 0 radical (unpaired) electrons. The number of likely N-dealkylation sites (tertiary alicyclic amines) is 1. The Balaban J connectivity index is 1.47. The zero-order valence-corrected chi connectivity index (χ0v) is 15.0. The van der Waals surface area contributed by atoms with E-state index in [-0.39, 0.29) is 5.88 Å². The van der Waals surface area contributed by atoms with E-state index in [9.17, 15) is 5.11 Å². The molecule has 0 atom stereocenters. The van der Waals surface area contributed by atoms with Crippen molar-refractivity contribution in [2.75, 3.05) is 19.6 Å². The van der Waals surface area contributed by atoms with Crippen LogP contribution >= 0.6 is 11.3 Å². The summed E-state index contributed by atoms with van der Waals surface area (Å²) in [6.07, 6.45) is 7.68. The summed E-state index contributed by atoms with van der Waals surface area (Å²) in [5.41, 5.74) is 1.75. The minimum atomic E-state index is 0.105. The minimum absolute atomic E-state index is 0.105. The molecule has 6 heteroatoms. The van der Waals surface area contributed by atoms with Gasteiger partial charge >= 0.3 is 0 Å². The number of hydrogen-bond donors (Lipinski definition) is 1. The zero-order chi connectivity index (χ0) is 17.1. The van der Waals surface area contributed by atoms with E-state index in [0.29, 0.717) is 0 Å². The maximum Gasteiger partial charge on any atom is 0.239 e. The van der Waals surface area contributed by atoms with Crippen molar-refractivity contribution in [2.24, 2.45) is 0 Å². The Kier molecular flexibility index (Phi) is 4.81. The molecule has 1 saturated heterocycles. The molecule has 0 aromatic carbocycles. The number of rotatable bonds is 5. The van der Waals surface area contributed by atoms with Crippen molar-refractivity contribution >= 4 is 11.3 Å². The Morgan fingerprint density at radius 1 is 1.00 bits per heavy atom. The van der Waals surface area contributed by atoms with Gasteiger partial charge in [0.05, 0.1) is 22.7 Å². The molecule has 1 N–H and O–H groups in total. The average Bonchev–Trinajstić information content (AvgIpc) is 3.28. The third kappa shape index (κ3) is 3.75. The van der Waals surface area contributed by atoms with Gasteiger partial charge in [-0.25, -0.2) is 0 Å². The average molecular weight is 354 g/mol. The van der Waals surface area contributed by atoms with E-state index in [2.05, 4.69) is 15.0 Å². The van der Waals surface area contributed by atoms with Crippen molar-refractivity contribution in [2.45, 2.75) is 25.8 Å². The van der Waals surface area contributed by atoms with E-state index >= 15 is 0 Å². The number of hydrogen-bond acceptors (Lipinski definition) is 5. The number of aromatic nitrogens is 3. The van der Waals surface area contributed by atoms with Crippen LogP contribution < -0.4 is 0 Å². The Bertz CT molecular complexity index is 821. The normalized spacial score (nSPS) is 15.5. The molecule has 1 fully saturated rings. The van der Waals surface area contributed by atoms with Gasteiger partial charge in [-0.15, -0.1) is 16.4 Å². The first-order valence-electron chi connectivity index (χ1n) is 8.80. The van der Waals surface area contributed by atoms with Crippen molar-refractivity contribution in [3.05, 3.63) is 42.7 Å². The molecule has 4 heterocycles. The van der Waals surface area contributed by atoms with Gasteiger partial charge in [-0.2, -0.15) is 0 Å². The molecule has 1 aliphatic heterocycles. The molecule has 0 unspecified atom stereocenters. The predicted molar refractivity (Wildman–Crippen MR) is 101 cm³/mol. The summed E-state index contributed by atoms with van der Waals surface area (Å²) >= 11 is 1.63. The smallest absolute Gasteiger partial charge is 0.239 e. The maximum atomic E-state index is 10.2. The molecule has 0 saturated carbocycles. The second-order valence-electron chi connectivity index (χ2n) is 6.41. The van der Waals surface area contributed by atoms with Gasteiger partial charge in [0.2, 0.25) is 5.88 Å². The standard InChI is InChI=1S/C19H22N4OS/c24-19-15(14-23(21-19)13-12-22-10-4-1-5-11-22)17-7-8-18(25-17)16-6-2-3-9-20-16/h2-3,6-9,14H,1,4-5,10-13H2,(H,21,24). The largest absolute Gasteiger partial charge is 0.492 e. The molecule has 4 rings (SSSR count). The molecular weight excluding hydrogens is 332 g/mol. The quantitative estimate of drug-likeness (QED) is 0.756. The second kappa shape index (κ2) is 7.37. The molecule has 0 amide bonds. The number of nitrogens with zero attached hydrogens (tertiary/aromatic N) is 4. The molecule has 3 aromatic heterocycles. The van der Waals surface area contributed by atoms with Crippen molar-refractivity contribution in [1.82, 2.24) is 19.7 Å². The van der Waals surface area contributed by atoms with Crippen LogP contribution in [0.25, 0.3) is 21.0 Å². The Labute approximate surface area is 151 Å². The summed E-state index contributed by atoms with van der Waals surface area (Å²) in [5.74, 6) is 0.105. The van der Waals surface area contributed by atoms with Crippen LogP contribution in [-0.4, -0.2) is 44.4 Å². The highest BCUT2D eigenvalue weighted by Gasteiger charge is 2.15. The van der Waals surface area contributed by atoms with E-state index in [1.165, 1.54) is 32.4 Å². The third-order valence-corrected chi connectivity index (χ3v) is 5.77. The lowest BCUT2D eigenvalue weighted by Gasteiger charge is -2.26. The summed E-state index contributed by atoms with van der Waals surface area (Å²) < 4.78 is 1.86. The first-order valence-corrected chi connectivity index (χ1v) is 9.61. The Morgan fingerprint density at radius 2 is 1.84 bits per heavy atom. The van der Waals surface area contributed by atoms with Crippen LogP contribution in [0.2, 0.25) is 0 Å². The van der Waals surface area contributed by atoms with Crippen LogP contribution in [0.1, 0.15) is 19.3 Å². The number of aromatic hydroxyl groups is 1. The van der Waals surface area contributed by atoms with Crippen molar-refractivity contribution in [3.63, 3.8) is 0 Å². The van der Waals surface area contributed by atoms with Gasteiger partial charge in [0, 0.05) is 23.8 Å². The van der Waals surface area contributed by atoms with Gasteiger partial charge in [0.1, 0.15) is 0 Å². The van der Waals surface area contributed by atoms with Gasteiger partial charge in [0.25, 0.3) is 0 Å². The van der Waals surface area contributed by atoms with Gasteiger partial charge in [-0.05, 0) is 50.2 Å². The SMILES string of the molecule is Oc1nn(CCN2CCCCC2)cc1-c1ccc(-c2ccccn2)s1. The summed E-state index contributed by atoms with van der Waals surface area (Å²) in [5, 5.41) is 14.5. The molecule has 0 aliphatic carbocycles. The highest BCUT2D eigenvalue weighted by molar-refractivity contribution is 7.18. The first kappa shape index (κ1) is 16.3. The summed E-state index contributed by atoms with van der Waals surface area (Å²) in [6.45, 7) is 4.16. The summed E-state index contributed by atoms with van der Waals surface area (Å²) in [4.78, 5) is 8.97.